The Balaban J connectivity index is 2.74. The Morgan fingerprint density at radius 1 is 1.55 bits per heavy atom. The van der Waals surface area contributed by atoms with Crippen LogP contribution in [0.15, 0.2) is 24.7 Å². The first kappa shape index (κ1) is 7.53. The van der Waals surface area contributed by atoms with Crippen molar-refractivity contribution in [2.45, 2.75) is 6.92 Å². The predicted octanol–water partition coefficient (Wildman–Crippen LogP) is 0.971. The number of ether oxygens (including phenoxy) is 1. The molecule has 2 N–H and O–H groups in total. The van der Waals surface area contributed by atoms with E-state index < -0.39 is 0 Å². The standard InChI is InChI=1S/C7H9N3O/c1-5(2)11-6-3-9-7(8)10-4-6/h3-4H,1H2,2H3,(H2,8,9,10). The average Bonchev–Trinajstić information content (AvgIpc) is 1.93. The maximum Gasteiger partial charge on any atom is 0.220 e. The van der Waals surface area contributed by atoms with Gasteiger partial charge in [-0.25, -0.2) is 9.97 Å². The largest absolute Gasteiger partial charge is 0.459 e. The van der Waals surface area contributed by atoms with Crippen LogP contribution in [0.2, 0.25) is 0 Å². The van der Waals surface area contributed by atoms with Gasteiger partial charge in [0.1, 0.15) is 0 Å². The zero-order valence-corrected chi connectivity index (χ0v) is 6.24. The minimum absolute atomic E-state index is 0.235. The van der Waals surface area contributed by atoms with Gasteiger partial charge < -0.3 is 10.5 Å². The summed E-state index contributed by atoms with van der Waals surface area (Å²) in [4.78, 5) is 7.47. The van der Waals surface area contributed by atoms with Crippen molar-refractivity contribution in [3.8, 4) is 5.75 Å². The first-order valence-corrected chi connectivity index (χ1v) is 3.09. The van der Waals surface area contributed by atoms with Crippen molar-refractivity contribution in [1.29, 1.82) is 0 Å². The lowest BCUT2D eigenvalue weighted by Crippen LogP contribution is -1.95. The summed E-state index contributed by atoms with van der Waals surface area (Å²) in [5.74, 6) is 1.38. The van der Waals surface area contributed by atoms with Crippen molar-refractivity contribution in [2.24, 2.45) is 0 Å². The van der Waals surface area contributed by atoms with Gasteiger partial charge in [0.2, 0.25) is 5.95 Å². The molecule has 0 bridgehead atoms. The minimum Gasteiger partial charge on any atom is -0.459 e. The van der Waals surface area contributed by atoms with Crippen LogP contribution in [0.3, 0.4) is 0 Å². The Morgan fingerprint density at radius 3 is 2.55 bits per heavy atom. The van der Waals surface area contributed by atoms with E-state index in [-0.39, 0.29) is 5.95 Å². The van der Waals surface area contributed by atoms with Gasteiger partial charge >= 0.3 is 0 Å². The Bertz CT molecular complexity index is 255. The van der Waals surface area contributed by atoms with E-state index in [1.165, 1.54) is 12.4 Å². The molecule has 0 aromatic carbocycles. The van der Waals surface area contributed by atoms with Gasteiger partial charge in [-0.15, -0.1) is 0 Å². The summed E-state index contributed by atoms with van der Waals surface area (Å²) in [6.07, 6.45) is 2.99. The zero-order chi connectivity index (χ0) is 8.27. The molecule has 0 spiro atoms. The van der Waals surface area contributed by atoms with Gasteiger partial charge in [-0.05, 0) is 6.92 Å². The molecule has 58 valence electrons. The summed E-state index contributed by atoms with van der Waals surface area (Å²) in [6.45, 7) is 5.31. The molecule has 0 aliphatic heterocycles. The van der Waals surface area contributed by atoms with E-state index in [9.17, 15) is 0 Å². The van der Waals surface area contributed by atoms with Gasteiger partial charge in [-0.2, -0.15) is 0 Å². The molecule has 0 saturated heterocycles. The van der Waals surface area contributed by atoms with Crippen molar-refractivity contribution in [2.75, 3.05) is 5.73 Å². The van der Waals surface area contributed by atoms with Crippen LogP contribution < -0.4 is 10.5 Å². The lowest BCUT2D eigenvalue weighted by Gasteiger charge is -2.01. The second-order valence-electron chi connectivity index (χ2n) is 2.08. The minimum atomic E-state index is 0.235. The molecule has 1 aromatic heterocycles. The fourth-order valence-electron chi connectivity index (χ4n) is 0.580. The molecule has 0 unspecified atom stereocenters. The predicted molar refractivity (Wildman–Crippen MR) is 41.9 cm³/mol. The molecule has 11 heavy (non-hydrogen) atoms. The number of allylic oxidation sites excluding steroid dienone is 1. The van der Waals surface area contributed by atoms with Crippen LogP contribution in [-0.4, -0.2) is 9.97 Å². The molecular formula is C7H9N3O. The summed E-state index contributed by atoms with van der Waals surface area (Å²) < 4.78 is 5.09. The Morgan fingerprint density at radius 2 is 2.09 bits per heavy atom. The van der Waals surface area contributed by atoms with Crippen LogP contribution in [0.5, 0.6) is 5.75 Å². The van der Waals surface area contributed by atoms with Crippen molar-refractivity contribution >= 4 is 5.95 Å². The van der Waals surface area contributed by atoms with E-state index in [1.807, 2.05) is 0 Å². The van der Waals surface area contributed by atoms with Crippen molar-refractivity contribution in [3.63, 3.8) is 0 Å². The monoisotopic (exact) mass is 151 g/mol. The Kier molecular flexibility index (Phi) is 2.06. The van der Waals surface area contributed by atoms with Crippen molar-refractivity contribution in [3.05, 3.63) is 24.7 Å². The maximum absolute atomic E-state index is 5.26. The highest BCUT2D eigenvalue weighted by Crippen LogP contribution is 2.09. The molecule has 0 atom stereocenters. The van der Waals surface area contributed by atoms with E-state index in [0.717, 1.165) is 0 Å². The molecule has 0 aliphatic rings. The fourth-order valence-corrected chi connectivity index (χ4v) is 0.580. The van der Waals surface area contributed by atoms with Crippen LogP contribution in [0.1, 0.15) is 6.92 Å². The van der Waals surface area contributed by atoms with Crippen LogP contribution in [0, 0.1) is 0 Å². The number of nitrogen functional groups attached to an aromatic ring is 1. The Hall–Kier alpha value is -1.58. The third kappa shape index (κ3) is 2.25. The average molecular weight is 151 g/mol. The molecule has 0 saturated carbocycles. The number of rotatable bonds is 2. The Labute approximate surface area is 64.7 Å². The van der Waals surface area contributed by atoms with E-state index in [4.69, 9.17) is 10.5 Å². The number of hydrogen-bond donors (Lipinski definition) is 1. The highest BCUT2D eigenvalue weighted by atomic mass is 16.5. The van der Waals surface area contributed by atoms with Gasteiger partial charge in [-0.1, -0.05) is 6.58 Å². The van der Waals surface area contributed by atoms with Crippen LogP contribution in [-0.2, 0) is 0 Å². The second kappa shape index (κ2) is 3.01. The van der Waals surface area contributed by atoms with Crippen LogP contribution in [0.4, 0.5) is 5.95 Å². The number of anilines is 1. The van der Waals surface area contributed by atoms with Crippen LogP contribution in [0.25, 0.3) is 0 Å². The molecule has 0 aliphatic carbocycles. The highest BCUT2D eigenvalue weighted by molar-refractivity contribution is 5.22. The molecule has 1 aromatic rings. The first-order valence-electron chi connectivity index (χ1n) is 3.09. The molecule has 4 nitrogen and oxygen atoms in total. The number of nitrogens with two attached hydrogens (primary N) is 1. The summed E-state index contributed by atoms with van der Waals surface area (Å²) in [5, 5.41) is 0. The fraction of sp³-hybridized carbons (Fsp3) is 0.143. The van der Waals surface area contributed by atoms with Gasteiger partial charge in [0, 0.05) is 0 Å². The molecule has 0 fully saturated rings. The first-order chi connectivity index (χ1) is 5.18. The lowest BCUT2D eigenvalue weighted by atomic mass is 10.6. The quantitative estimate of drug-likeness (QED) is 0.640. The smallest absolute Gasteiger partial charge is 0.220 e. The highest BCUT2D eigenvalue weighted by Gasteiger charge is 1.93. The van der Waals surface area contributed by atoms with Gasteiger partial charge in [-0.3, -0.25) is 0 Å². The SMILES string of the molecule is C=C(C)Oc1cnc(N)nc1. The summed E-state index contributed by atoms with van der Waals surface area (Å²) in [7, 11) is 0. The van der Waals surface area contributed by atoms with Gasteiger partial charge in [0.15, 0.2) is 5.75 Å². The van der Waals surface area contributed by atoms with E-state index in [2.05, 4.69) is 16.5 Å². The molecule has 0 radical (unpaired) electrons. The van der Waals surface area contributed by atoms with E-state index in [0.29, 0.717) is 11.5 Å². The number of hydrogen-bond acceptors (Lipinski definition) is 4. The molecular weight excluding hydrogens is 142 g/mol. The number of nitrogens with zero attached hydrogens (tertiary/aromatic N) is 2. The summed E-state index contributed by atoms with van der Waals surface area (Å²) in [6, 6.07) is 0. The van der Waals surface area contributed by atoms with Crippen molar-refractivity contribution in [1.82, 2.24) is 9.97 Å². The zero-order valence-electron chi connectivity index (χ0n) is 6.24. The van der Waals surface area contributed by atoms with Crippen LogP contribution >= 0.6 is 0 Å². The number of aromatic nitrogens is 2. The van der Waals surface area contributed by atoms with Gasteiger partial charge in [0.05, 0.1) is 18.2 Å². The third-order valence-corrected chi connectivity index (χ3v) is 0.940. The van der Waals surface area contributed by atoms with E-state index >= 15 is 0 Å². The normalized spacial score (nSPS) is 9.18. The summed E-state index contributed by atoms with van der Waals surface area (Å²) >= 11 is 0. The molecule has 4 heteroatoms. The van der Waals surface area contributed by atoms with E-state index in [1.54, 1.807) is 6.92 Å². The summed E-state index contributed by atoms with van der Waals surface area (Å²) in [5.41, 5.74) is 5.26. The molecule has 1 heterocycles. The lowest BCUT2D eigenvalue weighted by molar-refractivity contribution is 0.426. The second-order valence-corrected chi connectivity index (χ2v) is 2.08. The molecule has 1 rings (SSSR count). The topological polar surface area (TPSA) is 61.0 Å². The van der Waals surface area contributed by atoms with Gasteiger partial charge in [0.25, 0.3) is 0 Å². The third-order valence-electron chi connectivity index (χ3n) is 0.940. The molecule has 0 amide bonds. The maximum atomic E-state index is 5.26. The van der Waals surface area contributed by atoms with Crippen molar-refractivity contribution < 1.29 is 4.74 Å².